The van der Waals surface area contributed by atoms with E-state index in [2.05, 4.69) is 15.9 Å². The normalized spacial score (nSPS) is 15.0. The van der Waals surface area contributed by atoms with Crippen LogP contribution in [0.5, 0.6) is 11.5 Å². The Balaban J connectivity index is 1.91. The minimum Gasteiger partial charge on any atom is -0.496 e. The third-order valence-electron chi connectivity index (χ3n) is 5.93. The molecule has 39 heavy (non-hydrogen) atoms. The van der Waals surface area contributed by atoms with Crippen molar-refractivity contribution in [3.63, 3.8) is 0 Å². The van der Waals surface area contributed by atoms with Crippen LogP contribution in [0.3, 0.4) is 0 Å². The van der Waals surface area contributed by atoms with E-state index in [9.17, 15) is 14.4 Å². The smallest absolute Gasteiger partial charge is 0.341 e. The molecule has 0 aliphatic carbocycles. The summed E-state index contributed by atoms with van der Waals surface area (Å²) < 4.78 is 18.8. The maximum absolute atomic E-state index is 13.9. The number of esters is 1. The van der Waals surface area contributed by atoms with E-state index in [0.29, 0.717) is 54.1 Å². The van der Waals surface area contributed by atoms with Crippen LogP contribution in [0.2, 0.25) is 0 Å². The lowest BCUT2D eigenvalue weighted by Gasteiger charge is -2.26. The number of fused-ring (bicyclic) bond motifs is 1. The van der Waals surface area contributed by atoms with Crippen molar-refractivity contribution in [1.29, 1.82) is 0 Å². The van der Waals surface area contributed by atoms with Crippen molar-refractivity contribution in [3.8, 4) is 11.5 Å². The van der Waals surface area contributed by atoms with E-state index < -0.39 is 24.6 Å². The molecule has 0 spiro atoms. The van der Waals surface area contributed by atoms with Gasteiger partial charge in [0.05, 0.1) is 34.0 Å². The summed E-state index contributed by atoms with van der Waals surface area (Å²) in [5, 5.41) is 8.87. The molecule has 1 aromatic heterocycles. The van der Waals surface area contributed by atoms with Crippen LogP contribution >= 0.6 is 27.3 Å². The molecule has 2 heterocycles. The number of aromatic nitrogens is 1. The third kappa shape index (κ3) is 5.99. The maximum Gasteiger partial charge on any atom is 0.341 e. The van der Waals surface area contributed by atoms with Crippen LogP contribution in [-0.4, -0.2) is 41.9 Å². The summed E-state index contributed by atoms with van der Waals surface area (Å²) in [5.74, 6) is -0.690. The van der Waals surface area contributed by atoms with Crippen molar-refractivity contribution in [2.75, 3.05) is 20.3 Å². The summed E-state index contributed by atoms with van der Waals surface area (Å²) in [7, 11) is 1.55. The van der Waals surface area contributed by atoms with Gasteiger partial charge in [-0.2, -0.15) is 0 Å². The van der Waals surface area contributed by atoms with Crippen LogP contribution in [0.1, 0.15) is 43.9 Å². The maximum atomic E-state index is 13.9. The van der Waals surface area contributed by atoms with Gasteiger partial charge in [-0.3, -0.25) is 9.36 Å². The van der Waals surface area contributed by atoms with E-state index in [1.54, 1.807) is 44.4 Å². The van der Waals surface area contributed by atoms with Gasteiger partial charge in [-0.05, 0) is 59.1 Å². The molecule has 0 amide bonds. The minimum absolute atomic E-state index is 0.186. The Hall–Kier alpha value is -3.70. The molecule has 1 N–H and O–H groups in total. The standard InChI is InChI=1S/C28H27BrN2O7S/c1-4-8-19-24(27(35)37-5-2)25(17-9-6-7-10-20(17)36-3)31-26(34)22(39-28(31)30-19)14-16-11-12-21(18(29)13-16)38-15-23(32)33/h6-7,9-14,25H,4-5,8,15H2,1-3H3,(H,32,33)/b22-14+/t25-/m0/s1. The largest absolute Gasteiger partial charge is 0.496 e. The molecule has 11 heteroatoms. The lowest BCUT2D eigenvalue weighted by atomic mass is 9.93. The molecule has 0 radical (unpaired) electrons. The summed E-state index contributed by atoms with van der Waals surface area (Å²) in [6.45, 7) is 3.45. The number of halogens is 1. The number of nitrogens with zero attached hydrogens (tertiary/aromatic N) is 2. The second-order valence-electron chi connectivity index (χ2n) is 8.53. The number of thiazole rings is 1. The summed E-state index contributed by atoms with van der Waals surface area (Å²) in [5.41, 5.74) is 1.95. The van der Waals surface area contributed by atoms with Crippen molar-refractivity contribution in [2.45, 2.75) is 32.7 Å². The average Bonchev–Trinajstić information content (AvgIpc) is 3.21. The third-order valence-corrected chi connectivity index (χ3v) is 7.53. The summed E-state index contributed by atoms with van der Waals surface area (Å²) >= 11 is 4.62. The van der Waals surface area contributed by atoms with E-state index in [-0.39, 0.29) is 12.2 Å². The highest BCUT2D eigenvalue weighted by Gasteiger charge is 2.35. The van der Waals surface area contributed by atoms with E-state index in [0.717, 1.165) is 6.42 Å². The molecule has 9 nitrogen and oxygen atoms in total. The fourth-order valence-electron chi connectivity index (χ4n) is 4.32. The van der Waals surface area contributed by atoms with Gasteiger partial charge in [0.15, 0.2) is 11.4 Å². The Kier molecular flexibility index (Phi) is 9.03. The molecular formula is C28H27BrN2O7S. The predicted octanol–water partition coefficient (Wildman–Crippen LogP) is 3.81. The molecule has 0 saturated heterocycles. The van der Waals surface area contributed by atoms with Crippen molar-refractivity contribution < 1.29 is 28.9 Å². The van der Waals surface area contributed by atoms with Crippen LogP contribution in [0.25, 0.3) is 6.08 Å². The van der Waals surface area contributed by atoms with Crippen molar-refractivity contribution in [1.82, 2.24) is 4.57 Å². The second kappa shape index (κ2) is 12.4. The van der Waals surface area contributed by atoms with Gasteiger partial charge in [0.25, 0.3) is 5.56 Å². The lowest BCUT2D eigenvalue weighted by Crippen LogP contribution is -2.40. The molecule has 1 aliphatic rings. The molecule has 204 valence electrons. The zero-order valence-electron chi connectivity index (χ0n) is 21.6. The van der Waals surface area contributed by atoms with Crippen LogP contribution in [-0.2, 0) is 14.3 Å². The fraction of sp³-hybridized carbons (Fsp3) is 0.286. The van der Waals surface area contributed by atoms with Gasteiger partial charge in [0.1, 0.15) is 17.5 Å². The monoisotopic (exact) mass is 614 g/mol. The van der Waals surface area contributed by atoms with Gasteiger partial charge in [0, 0.05) is 5.56 Å². The molecule has 0 saturated carbocycles. The minimum atomic E-state index is -1.08. The first-order valence-electron chi connectivity index (χ1n) is 12.3. The molecule has 0 bridgehead atoms. The highest BCUT2D eigenvalue weighted by Crippen LogP contribution is 2.36. The van der Waals surface area contributed by atoms with Gasteiger partial charge in [0.2, 0.25) is 0 Å². The lowest BCUT2D eigenvalue weighted by molar-refractivity contribution is -0.140. The first kappa shape index (κ1) is 28.3. The number of ether oxygens (including phenoxy) is 3. The number of carboxylic acid groups (broad SMARTS) is 1. The van der Waals surface area contributed by atoms with E-state index in [4.69, 9.17) is 24.3 Å². The molecule has 1 atom stereocenters. The number of carbonyl (C=O) groups excluding carboxylic acids is 1. The van der Waals surface area contributed by atoms with Gasteiger partial charge in [-0.1, -0.05) is 48.9 Å². The Bertz CT molecular complexity index is 1620. The van der Waals surface area contributed by atoms with Crippen LogP contribution in [0.4, 0.5) is 0 Å². The molecule has 4 rings (SSSR count). The van der Waals surface area contributed by atoms with Crippen LogP contribution < -0.4 is 24.4 Å². The number of carboxylic acids is 1. The fourth-order valence-corrected chi connectivity index (χ4v) is 5.85. The number of methoxy groups -OCH3 is 1. The van der Waals surface area contributed by atoms with Crippen molar-refractivity contribution in [2.24, 2.45) is 4.99 Å². The Morgan fingerprint density at radius 2 is 1.95 bits per heavy atom. The number of carbonyl (C=O) groups is 2. The van der Waals surface area contributed by atoms with Crippen molar-refractivity contribution >= 4 is 45.3 Å². The zero-order chi connectivity index (χ0) is 28.1. The summed E-state index contributed by atoms with van der Waals surface area (Å²) in [4.78, 5) is 43.2. The predicted molar refractivity (Wildman–Crippen MR) is 150 cm³/mol. The first-order valence-corrected chi connectivity index (χ1v) is 13.9. The Morgan fingerprint density at radius 3 is 2.62 bits per heavy atom. The summed E-state index contributed by atoms with van der Waals surface area (Å²) in [6.07, 6.45) is 3.01. The number of para-hydroxylation sites is 1. The van der Waals surface area contributed by atoms with Gasteiger partial charge in [-0.25, -0.2) is 14.6 Å². The molecular weight excluding hydrogens is 588 g/mol. The Morgan fingerprint density at radius 1 is 1.18 bits per heavy atom. The average molecular weight is 616 g/mol. The summed E-state index contributed by atoms with van der Waals surface area (Å²) in [6, 6.07) is 11.6. The number of hydrogen-bond donors (Lipinski definition) is 1. The van der Waals surface area contributed by atoms with Crippen LogP contribution in [0, 0.1) is 0 Å². The topological polar surface area (TPSA) is 116 Å². The number of rotatable bonds is 10. The number of hydrogen-bond acceptors (Lipinski definition) is 8. The van der Waals surface area contributed by atoms with E-state index in [1.807, 2.05) is 25.1 Å². The molecule has 2 aromatic carbocycles. The highest BCUT2D eigenvalue weighted by molar-refractivity contribution is 9.10. The molecule has 0 unspecified atom stereocenters. The van der Waals surface area contributed by atoms with Gasteiger partial charge in [-0.15, -0.1) is 0 Å². The Labute approximate surface area is 236 Å². The highest BCUT2D eigenvalue weighted by atomic mass is 79.9. The van der Waals surface area contributed by atoms with Gasteiger partial charge < -0.3 is 19.3 Å². The first-order chi connectivity index (χ1) is 18.8. The van der Waals surface area contributed by atoms with Crippen molar-refractivity contribution in [3.05, 3.63) is 89.0 Å². The van der Waals surface area contributed by atoms with E-state index >= 15 is 0 Å². The van der Waals surface area contributed by atoms with Gasteiger partial charge >= 0.3 is 11.9 Å². The quantitative estimate of drug-likeness (QED) is 0.345. The SMILES string of the molecule is CCCC1=C(C(=O)OCC)[C@H](c2ccccc2OC)n2c(s/c(=C/c3ccc(OCC(=O)O)c(Br)c3)c2=O)=N1. The molecule has 3 aromatic rings. The van der Waals surface area contributed by atoms with Crippen LogP contribution in [0.15, 0.2) is 68.0 Å². The second-order valence-corrected chi connectivity index (χ2v) is 10.4. The number of benzene rings is 2. The zero-order valence-corrected chi connectivity index (χ0v) is 24.0. The number of aliphatic carboxylic acids is 1. The molecule has 1 aliphatic heterocycles. The number of allylic oxidation sites excluding steroid dienone is 1. The van der Waals surface area contributed by atoms with E-state index in [1.165, 1.54) is 15.9 Å². The molecule has 0 fully saturated rings.